The summed E-state index contributed by atoms with van der Waals surface area (Å²) < 4.78 is 72.7. The third kappa shape index (κ3) is 8.28. The van der Waals surface area contributed by atoms with E-state index in [0.717, 1.165) is 77.2 Å². The molecule has 13 heteroatoms. The van der Waals surface area contributed by atoms with E-state index in [0.29, 0.717) is 13.0 Å². The zero-order valence-corrected chi connectivity index (χ0v) is 33.2. The molecular weight excluding hydrogens is 688 g/mol. The number of carbonyl (C=O) groups is 1. The van der Waals surface area contributed by atoms with Gasteiger partial charge in [-0.2, -0.15) is 4.58 Å². The van der Waals surface area contributed by atoms with Gasteiger partial charge < -0.3 is 19.1 Å². The SMILES string of the molecule is C[N+]1=C(/C=C/C2=CC(=C/C=C3/N(CCCCCC(=O)O)c4ccc(S(=O)(=O)[O-])cc4C3(C)C)/CCC2)C(C)(C)c2cc(S(=O)(=O)[O-])ccc21.[Na+]. The molecule has 3 aliphatic rings. The molecule has 0 amide bonds. The van der Waals surface area contributed by atoms with E-state index in [2.05, 4.69) is 35.3 Å². The van der Waals surface area contributed by atoms with Gasteiger partial charge in [-0.1, -0.05) is 38.5 Å². The molecule has 2 aromatic carbocycles. The van der Waals surface area contributed by atoms with Crippen LogP contribution in [0.25, 0.3) is 0 Å². The topological polar surface area (TPSA) is 158 Å². The largest absolute Gasteiger partial charge is 1.00 e. The molecule has 0 unspecified atom stereocenters. The maximum Gasteiger partial charge on any atom is 1.00 e. The first kappa shape index (κ1) is 39.9. The average Bonchev–Trinajstić information content (AvgIpc) is 3.34. The quantitative estimate of drug-likeness (QED) is 0.158. The van der Waals surface area contributed by atoms with Gasteiger partial charge in [-0.15, -0.1) is 0 Å². The number of benzene rings is 2. The number of carboxylic acids is 1. The van der Waals surface area contributed by atoms with Gasteiger partial charge in [0, 0.05) is 47.5 Å². The molecule has 2 aromatic rings. The van der Waals surface area contributed by atoms with Gasteiger partial charge in [0.25, 0.3) is 0 Å². The predicted molar refractivity (Wildman–Crippen MR) is 186 cm³/mol. The van der Waals surface area contributed by atoms with Gasteiger partial charge in [0.2, 0.25) is 5.69 Å². The van der Waals surface area contributed by atoms with Crippen LogP contribution in [0.3, 0.4) is 0 Å². The maximum absolute atomic E-state index is 11.9. The maximum atomic E-state index is 11.9. The Bertz CT molecular complexity index is 2070. The molecule has 0 saturated heterocycles. The first-order chi connectivity index (χ1) is 22.8. The molecule has 2 heterocycles. The molecule has 0 saturated carbocycles. The van der Waals surface area contributed by atoms with Gasteiger partial charge in [0.15, 0.2) is 5.71 Å². The number of hydrogen-bond donors (Lipinski definition) is 1. The number of allylic oxidation sites excluding steroid dienone is 8. The summed E-state index contributed by atoms with van der Waals surface area (Å²) in [4.78, 5) is 12.6. The van der Waals surface area contributed by atoms with Crippen molar-refractivity contribution in [1.82, 2.24) is 0 Å². The molecule has 0 bridgehead atoms. The van der Waals surface area contributed by atoms with Crippen LogP contribution in [0.2, 0.25) is 0 Å². The molecule has 0 radical (unpaired) electrons. The number of carboxylic acid groups (broad SMARTS) is 1. The molecule has 0 spiro atoms. The standard InChI is InChI=1S/C37H44N2O8S2.Na/c1-36(2)29-23-27(48(42,43)44)15-17-31(29)38(5)33(36)19-13-25-10-9-11-26(22-25)14-20-34-37(3,4)30-24-28(49(45,46)47)16-18-32(30)39(34)21-8-6-7-12-35(40)41;/h13-20,22-24H,6-12,21H2,1-5H3,(H2-,40,41,42,43,44,45,46,47);/q;+1/p-1. The number of anilines is 1. The molecule has 1 aliphatic carbocycles. The van der Waals surface area contributed by atoms with E-state index in [-0.39, 0.29) is 45.8 Å². The fraction of sp³-hybridized carbons (Fsp3) is 0.405. The summed E-state index contributed by atoms with van der Waals surface area (Å²) in [5, 5.41) is 9.02. The average molecular weight is 731 g/mol. The van der Waals surface area contributed by atoms with Crippen molar-refractivity contribution in [1.29, 1.82) is 0 Å². The second-order valence-electron chi connectivity index (χ2n) is 14.0. The van der Waals surface area contributed by atoms with Crippen molar-refractivity contribution in [3.05, 3.63) is 94.7 Å². The fourth-order valence-electron chi connectivity index (χ4n) is 7.26. The zero-order valence-electron chi connectivity index (χ0n) is 29.5. The Kier molecular flexibility index (Phi) is 12.0. The Morgan fingerprint density at radius 3 is 2.16 bits per heavy atom. The Hall–Kier alpha value is -2.84. The number of nitrogens with zero attached hydrogens (tertiary/aromatic N) is 2. The Balaban J connectivity index is 0.00000562. The smallest absolute Gasteiger partial charge is 0.744 e. The predicted octanol–water partition coefficient (Wildman–Crippen LogP) is 3.42. The molecule has 0 aromatic heterocycles. The van der Waals surface area contributed by atoms with Crippen molar-refractivity contribution in [3.8, 4) is 0 Å². The third-order valence-corrected chi connectivity index (χ3v) is 11.6. The van der Waals surface area contributed by atoms with E-state index in [9.17, 15) is 30.7 Å². The van der Waals surface area contributed by atoms with E-state index in [1.807, 2.05) is 39.3 Å². The van der Waals surface area contributed by atoms with Crippen LogP contribution < -0.4 is 34.5 Å². The van der Waals surface area contributed by atoms with Crippen molar-refractivity contribution in [2.24, 2.45) is 0 Å². The fourth-order valence-corrected chi connectivity index (χ4v) is 8.25. The summed E-state index contributed by atoms with van der Waals surface area (Å²) in [5.41, 5.74) is 6.32. The van der Waals surface area contributed by atoms with Gasteiger partial charge in [0.1, 0.15) is 27.3 Å². The van der Waals surface area contributed by atoms with E-state index in [1.165, 1.54) is 24.3 Å². The Labute approximate surface area is 317 Å². The second kappa shape index (κ2) is 15.0. The molecule has 50 heavy (non-hydrogen) atoms. The van der Waals surface area contributed by atoms with Gasteiger partial charge in [0.05, 0.1) is 15.2 Å². The van der Waals surface area contributed by atoms with Crippen LogP contribution in [-0.2, 0) is 35.9 Å². The third-order valence-electron chi connectivity index (χ3n) is 9.93. The summed E-state index contributed by atoms with van der Waals surface area (Å²) in [5.74, 6) is -0.823. The van der Waals surface area contributed by atoms with Crippen LogP contribution in [0.4, 0.5) is 11.4 Å². The van der Waals surface area contributed by atoms with Crippen molar-refractivity contribution in [2.45, 2.75) is 93.3 Å². The molecular formula is C37H43N2NaO8S2. The van der Waals surface area contributed by atoms with Crippen molar-refractivity contribution in [2.75, 3.05) is 18.5 Å². The summed E-state index contributed by atoms with van der Waals surface area (Å²) in [7, 11) is -7.28. The van der Waals surface area contributed by atoms with Crippen LogP contribution in [0.1, 0.15) is 83.8 Å². The van der Waals surface area contributed by atoms with Crippen LogP contribution in [0, 0.1) is 0 Å². The molecule has 5 rings (SSSR count). The summed E-state index contributed by atoms with van der Waals surface area (Å²) in [6.07, 6.45) is 15.4. The summed E-state index contributed by atoms with van der Waals surface area (Å²) in [6.45, 7) is 8.66. The van der Waals surface area contributed by atoms with E-state index < -0.39 is 37.0 Å². The van der Waals surface area contributed by atoms with Crippen molar-refractivity contribution in [3.63, 3.8) is 0 Å². The first-order valence-electron chi connectivity index (χ1n) is 16.4. The zero-order chi connectivity index (χ0) is 35.9. The monoisotopic (exact) mass is 730 g/mol. The van der Waals surface area contributed by atoms with Crippen molar-refractivity contribution < 1.29 is 70.0 Å². The summed E-state index contributed by atoms with van der Waals surface area (Å²) >= 11 is 0. The van der Waals surface area contributed by atoms with Crippen LogP contribution in [0.5, 0.6) is 0 Å². The number of unbranched alkanes of at least 4 members (excludes halogenated alkanes) is 2. The molecule has 2 aliphatic heterocycles. The number of hydrogen-bond acceptors (Lipinski definition) is 8. The van der Waals surface area contributed by atoms with Gasteiger partial charge in [-0.25, -0.2) is 16.8 Å². The number of fused-ring (bicyclic) bond motifs is 2. The molecule has 1 N–H and O–H groups in total. The minimum Gasteiger partial charge on any atom is -0.744 e. The van der Waals surface area contributed by atoms with Gasteiger partial charge >= 0.3 is 35.5 Å². The minimum absolute atomic E-state index is 0. The van der Waals surface area contributed by atoms with E-state index >= 15 is 0 Å². The Morgan fingerprint density at radius 2 is 1.52 bits per heavy atom. The molecule has 10 nitrogen and oxygen atoms in total. The van der Waals surface area contributed by atoms with Gasteiger partial charge in [-0.05, 0) is 99.1 Å². The van der Waals surface area contributed by atoms with Crippen LogP contribution in [-0.4, -0.2) is 60.9 Å². The van der Waals surface area contributed by atoms with Crippen molar-refractivity contribution >= 4 is 43.3 Å². The number of rotatable bonds is 11. The minimum atomic E-state index is -4.63. The first-order valence-corrected chi connectivity index (χ1v) is 19.2. The van der Waals surface area contributed by atoms with E-state index in [1.54, 1.807) is 12.1 Å². The second-order valence-corrected chi connectivity index (χ2v) is 16.8. The molecule has 0 atom stereocenters. The van der Waals surface area contributed by atoms with Gasteiger partial charge in [-0.3, -0.25) is 4.79 Å². The van der Waals surface area contributed by atoms with Crippen LogP contribution >= 0.6 is 0 Å². The number of aliphatic carboxylic acids is 1. The van der Waals surface area contributed by atoms with Crippen LogP contribution in [0.15, 0.2) is 93.4 Å². The van der Waals surface area contributed by atoms with E-state index in [4.69, 9.17) is 5.11 Å². The Morgan fingerprint density at radius 1 is 0.880 bits per heavy atom. The molecule has 262 valence electrons. The molecule has 0 fully saturated rings. The normalized spacial score (nSPS) is 19.9. The summed E-state index contributed by atoms with van der Waals surface area (Å²) in [6, 6.07) is 9.03.